The second-order valence-corrected chi connectivity index (χ2v) is 8.77. The molecule has 1 fully saturated rings. The molecule has 188 valence electrons. The van der Waals surface area contributed by atoms with E-state index in [1.807, 2.05) is 24.3 Å². The molecule has 5 aromatic rings. The number of aromatic hydroxyl groups is 1. The summed E-state index contributed by atoms with van der Waals surface area (Å²) >= 11 is 0. The van der Waals surface area contributed by atoms with E-state index >= 15 is 0 Å². The van der Waals surface area contributed by atoms with E-state index in [0.717, 1.165) is 18.8 Å². The molecule has 37 heavy (non-hydrogen) atoms. The summed E-state index contributed by atoms with van der Waals surface area (Å²) in [5.41, 5.74) is 2.13. The van der Waals surface area contributed by atoms with E-state index in [-0.39, 0.29) is 29.1 Å². The predicted molar refractivity (Wildman–Crippen MR) is 133 cm³/mol. The van der Waals surface area contributed by atoms with Gasteiger partial charge in [-0.25, -0.2) is 23.2 Å². The summed E-state index contributed by atoms with van der Waals surface area (Å²) < 4.78 is 35.3. The Balaban J connectivity index is 1.40. The molecule has 6 rings (SSSR count). The summed E-state index contributed by atoms with van der Waals surface area (Å²) in [7, 11) is 0. The van der Waals surface area contributed by atoms with Crippen LogP contribution in [0.4, 0.5) is 14.5 Å². The number of nitrogens with zero attached hydrogens (tertiary/aromatic N) is 4. The molecule has 9 nitrogen and oxygen atoms in total. The number of phenols is 1. The lowest BCUT2D eigenvalue weighted by atomic mass is 10.0. The number of ether oxygens (including phenoxy) is 1. The minimum atomic E-state index is -0.664. The molecule has 0 aliphatic carbocycles. The fourth-order valence-electron chi connectivity index (χ4n) is 4.64. The number of rotatable bonds is 5. The highest BCUT2D eigenvalue weighted by atomic mass is 19.1. The van der Waals surface area contributed by atoms with Crippen molar-refractivity contribution in [2.45, 2.75) is 6.42 Å². The molecular formula is C26H22F2N6O3. The molecule has 0 saturated carbocycles. The maximum absolute atomic E-state index is 14.3. The first kappa shape index (κ1) is 22.9. The fraction of sp³-hybridized carbons (Fsp3) is 0.192. The van der Waals surface area contributed by atoms with E-state index in [0.29, 0.717) is 35.5 Å². The van der Waals surface area contributed by atoms with Crippen molar-refractivity contribution in [3.8, 4) is 22.8 Å². The lowest BCUT2D eigenvalue weighted by Crippen LogP contribution is -2.36. The zero-order valence-electron chi connectivity index (χ0n) is 19.5. The van der Waals surface area contributed by atoms with Crippen LogP contribution in [0, 0.1) is 11.6 Å². The van der Waals surface area contributed by atoms with Gasteiger partial charge in [-0.1, -0.05) is 6.07 Å². The van der Waals surface area contributed by atoms with Crippen LogP contribution in [0.5, 0.6) is 5.75 Å². The van der Waals surface area contributed by atoms with E-state index in [9.17, 15) is 18.7 Å². The standard InChI is InChI=1S/C26H22F2N6O3/c27-20-2-1-3-21(28)17(20)13-22-18-12-19(24(35)14-23(18)30-29-22)25-31-32-26(36)34(25)16-6-4-15(5-7-16)33-8-10-37-11-9-33/h1-7,12,14,35H,8-11,13H2,(H,29,30)(H,32,36). The first-order valence-electron chi connectivity index (χ1n) is 11.7. The van der Waals surface area contributed by atoms with Gasteiger partial charge in [0.25, 0.3) is 0 Å². The van der Waals surface area contributed by atoms with Crippen LogP contribution in [-0.2, 0) is 11.2 Å². The van der Waals surface area contributed by atoms with Crippen molar-refractivity contribution in [3.05, 3.63) is 88.0 Å². The number of H-pyrrole nitrogens is 2. The van der Waals surface area contributed by atoms with Crippen LogP contribution in [0.2, 0.25) is 0 Å². The van der Waals surface area contributed by atoms with Crippen LogP contribution < -0.4 is 10.6 Å². The zero-order chi connectivity index (χ0) is 25.5. The SMILES string of the molecule is O=c1[nH]nc(-c2cc3c(Cc4c(F)cccc4F)[nH]nc3cc2O)n1-c1ccc(N2CCOCC2)cc1. The van der Waals surface area contributed by atoms with Gasteiger partial charge < -0.3 is 14.7 Å². The number of phenolic OH excluding ortho intramolecular Hbond substituents is 1. The topological polar surface area (TPSA) is 112 Å². The average molecular weight is 504 g/mol. The fourth-order valence-corrected chi connectivity index (χ4v) is 4.64. The van der Waals surface area contributed by atoms with Gasteiger partial charge in [-0.2, -0.15) is 10.2 Å². The average Bonchev–Trinajstić information content (AvgIpc) is 3.49. The van der Waals surface area contributed by atoms with E-state index in [1.165, 1.54) is 28.8 Å². The Kier molecular flexibility index (Phi) is 5.68. The molecule has 3 aromatic carbocycles. The van der Waals surface area contributed by atoms with Crippen molar-refractivity contribution in [1.82, 2.24) is 25.0 Å². The molecule has 0 radical (unpaired) electrons. The third-order valence-electron chi connectivity index (χ3n) is 6.56. The van der Waals surface area contributed by atoms with Gasteiger partial charge in [-0.3, -0.25) is 5.10 Å². The van der Waals surface area contributed by atoms with E-state index in [4.69, 9.17) is 4.74 Å². The van der Waals surface area contributed by atoms with E-state index in [2.05, 4.69) is 25.3 Å². The first-order chi connectivity index (χ1) is 18.0. The largest absolute Gasteiger partial charge is 0.507 e. The number of anilines is 1. The van der Waals surface area contributed by atoms with Gasteiger partial charge in [-0.15, -0.1) is 0 Å². The third kappa shape index (κ3) is 4.12. The van der Waals surface area contributed by atoms with Gasteiger partial charge in [0.05, 0.1) is 30.0 Å². The molecule has 2 aromatic heterocycles. The third-order valence-corrected chi connectivity index (χ3v) is 6.56. The number of aromatic nitrogens is 5. The quantitative estimate of drug-likeness (QED) is 0.338. The van der Waals surface area contributed by atoms with Crippen LogP contribution in [-0.4, -0.2) is 56.4 Å². The Morgan fingerprint density at radius 3 is 2.38 bits per heavy atom. The van der Waals surface area contributed by atoms with Crippen LogP contribution >= 0.6 is 0 Å². The van der Waals surface area contributed by atoms with Crippen molar-refractivity contribution in [2.24, 2.45) is 0 Å². The summed E-state index contributed by atoms with van der Waals surface area (Å²) in [6.07, 6.45) is -0.0738. The van der Waals surface area contributed by atoms with Gasteiger partial charge in [0.2, 0.25) is 0 Å². The number of hydrogen-bond acceptors (Lipinski definition) is 6. The number of halogens is 2. The molecule has 0 bridgehead atoms. The molecule has 3 N–H and O–H groups in total. The Morgan fingerprint density at radius 1 is 0.946 bits per heavy atom. The van der Waals surface area contributed by atoms with Crippen LogP contribution in [0.15, 0.2) is 59.4 Å². The maximum Gasteiger partial charge on any atom is 0.348 e. The Labute approximate surface area is 208 Å². The highest BCUT2D eigenvalue weighted by Gasteiger charge is 2.20. The Bertz CT molecular complexity index is 1630. The van der Waals surface area contributed by atoms with Crippen molar-refractivity contribution < 1.29 is 18.6 Å². The second kappa shape index (κ2) is 9.17. The minimum absolute atomic E-state index is 0.0738. The Hall–Kier alpha value is -4.51. The second-order valence-electron chi connectivity index (χ2n) is 8.77. The number of nitrogens with one attached hydrogen (secondary N) is 2. The van der Waals surface area contributed by atoms with Crippen molar-refractivity contribution in [1.29, 1.82) is 0 Å². The van der Waals surface area contributed by atoms with Gasteiger partial charge >= 0.3 is 5.69 Å². The maximum atomic E-state index is 14.3. The lowest BCUT2D eigenvalue weighted by molar-refractivity contribution is 0.122. The van der Waals surface area contributed by atoms with Crippen molar-refractivity contribution >= 4 is 16.6 Å². The summed E-state index contributed by atoms with van der Waals surface area (Å²) in [4.78, 5) is 14.9. The normalized spacial score (nSPS) is 13.9. The lowest BCUT2D eigenvalue weighted by Gasteiger charge is -2.28. The smallest absolute Gasteiger partial charge is 0.348 e. The summed E-state index contributed by atoms with van der Waals surface area (Å²) in [5.74, 6) is -1.28. The molecule has 1 saturated heterocycles. The Morgan fingerprint density at radius 2 is 1.65 bits per heavy atom. The highest BCUT2D eigenvalue weighted by Crippen LogP contribution is 2.34. The predicted octanol–water partition coefficient (Wildman–Crippen LogP) is 3.52. The summed E-state index contributed by atoms with van der Waals surface area (Å²) in [5, 5.41) is 24.9. The molecule has 0 amide bonds. The summed E-state index contributed by atoms with van der Waals surface area (Å²) in [6.45, 7) is 2.89. The first-order valence-corrected chi connectivity index (χ1v) is 11.7. The number of fused-ring (bicyclic) bond motifs is 1. The van der Waals surface area contributed by atoms with Gasteiger partial charge in [-0.05, 0) is 42.5 Å². The molecule has 11 heteroatoms. The molecule has 0 spiro atoms. The monoisotopic (exact) mass is 504 g/mol. The summed E-state index contributed by atoms with van der Waals surface area (Å²) in [6, 6.07) is 14.2. The molecule has 1 aliphatic rings. The van der Waals surface area contributed by atoms with Crippen LogP contribution in [0.1, 0.15) is 11.3 Å². The molecular weight excluding hydrogens is 482 g/mol. The number of hydrogen-bond donors (Lipinski definition) is 3. The van der Waals surface area contributed by atoms with Gasteiger partial charge in [0, 0.05) is 47.9 Å². The van der Waals surface area contributed by atoms with Crippen LogP contribution in [0.3, 0.4) is 0 Å². The van der Waals surface area contributed by atoms with Crippen molar-refractivity contribution in [3.63, 3.8) is 0 Å². The van der Waals surface area contributed by atoms with Crippen LogP contribution in [0.25, 0.3) is 28.0 Å². The van der Waals surface area contributed by atoms with Crippen molar-refractivity contribution in [2.75, 3.05) is 31.2 Å². The number of aromatic amines is 2. The van der Waals surface area contributed by atoms with E-state index < -0.39 is 17.3 Å². The molecule has 3 heterocycles. The molecule has 0 unspecified atom stereocenters. The minimum Gasteiger partial charge on any atom is -0.507 e. The van der Waals surface area contributed by atoms with Gasteiger partial charge in [0.1, 0.15) is 17.4 Å². The number of benzene rings is 3. The van der Waals surface area contributed by atoms with Gasteiger partial charge in [0.15, 0.2) is 5.82 Å². The number of morpholine rings is 1. The zero-order valence-corrected chi connectivity index (χ0v) is 19.5. The van der Waals surface area contributed by atoms with E-state index in [1.54, 1.807) is 6.07 Å². The molecule has 1 aliphatic heterocycles. The molecule has 0 atom stereocenters. The highest BCUT2D eigenvalue weighted by molar-refractivity contribution is 5.89.